The Bertz CT molecular complexity index is 770. The second kappa shape index (κ2) is 11.5. The average Bonchev–Trinajstić information content (AvgIpc) is 3.53. The molecule has 1 aliphatic carbocycles. The van der Waals surface area contributed by atoms with Crippen molar-refractivity contribution >= 4 is 23.0 Å². The van der Waals surface area contributed by atoms with Gasteiger partial charge in [-0.05, 0) is 55.2 Å². The molecule has 1 aliphatic rings. The summed E-state index contributed by atoms with van der Waals surface area (Å²) in [4.78, 5) is 12.4. The third kappa shape index (κ3) is 7.45. The van der Waals surface area contributed by atoms with Gasteiger partial charge in [-0.1, -0.05) is 70.1 Å². The van der Waals surface area contributed by atoms with E-state index in [4.69, 9.17) is 0 Å². The Kier molecular flexibility index (Phi) is 8.41. The van der Waals surface area contributed by atoms with Crippen LogP contribution in [0, 0.1) is 11.8 Å². The Labute approximate surface area is 174 Å². The quantitative estimate of drug-likeness (QED) is 0.291. The summed E-state index contributed by atoms with van der Waals surface area (Å²) < 4.78 is 0. The van der Waals surface area contributed by atoms with Crippen LogP contribution in [0.3, 0.4) is 0 Å². The first-order valence-corrected chi connectivity index (χ1v) is 11.1. The number of unbranched alkanes of at least 4 members (excludes halogenated alkanes) is 6. The van der Waals surface area contributed by atoms with Crippen LogP contribution >= 0.6 is 0 Å². The lowest BCUT2D eigenvalue weighted by atomic mass is 10.1. The Morgan fingerprint density at radius 3 is 2.17 bits per heavy atom. The van der Waals surface area contributed by atoms with Crippen LogP contribution in [0.4, 0.5) is 17.1 Å². The number of benzene rings is 2. The molecule has 0 radical (unpaired) electrons. The Balaban J connectivity index is 1.34. The summed E-state index contributed by atoms with van der Waals surface area (Å²) in [6.07, 6.45) is 11.6. The minimum atomic E-state index is 0.164. The lowest BCUT2D eigenvalue weighted by Gasteiger charge is -2.05. The predicted molar refractivity (Wildman–Crippen MR) is 120 cm³/mol. The van der Waals surface area contributed by atoms with Crippen molar-refractivity contribution in [3.8, 4) is 0 Å². The highest BCUT2D eigenvalue weighted by molar-refractivity contribution is 5.94. The number of nitrogens with zero attached hydrogens (tertiary/aromatic N) is 2. The standard InChI is InChI=1S/C25H33N3O/c1-2-3-4-5-6-7-9-12-20-19-24(20)25(29)26-21-15-17-23(18-16-21)28-27-22-13-10-8-11-14-22/h8,10-11,13-18,20,24H,2-7,9,12,19H2,1H3,(H,26,29)/t20-,24+/m1/s1. The van der Waals surface area contributed by atoms with E-state index in [2.05, 4.69) is 22.5 Å². The lowest BCUT2D eigenvalue weighted by Crippen LogP contribution is -2.14. The number of amides is 1. The van der Waals surface area contributed by atoms with Crippen molar-refractivity contribution in [1.29, 1.82) is 0 Å². The molecule has 0 unspecified atom stereocenters. The van der Waals surface area contributed by atoms with Crippen LogP contribution in [0.1, 0.15) is 64.7 Å². The SMILES string of the molecule is CCCCCCCCC[C@@H]1C[C@@H]1C(=O)Nc1ccc(N=Nc2ccccc2)cc1. The highest BCUT2D eigenvalue weighted by Gasteiger charge is 2.42. The fraction of sp³-hybridized carbons (Fsp3) is 0.480. The Morgan fingerprint density at radius 1 is 0.862 bits per heavy atom. The maximum absolute atomic E-state index is 12.4. The van der Waals surface area contributed by atoms with Gasteiger partial charge in [-0.3, -0.25) is 4.79 Å². The van der Waals surface area contributed by atoms with Gasteiger partial charge in [0.1, 0.15) is 0 Å². The smallest absolute Gasteiger partial charge is 0.227 e. The summed E-state index contributed by atoms with van der Waals surface area (Å²) in [7, 11) is 0. The zero-order chi connectivity index (χ0) is 20.3. The molecular formula is C25H33N3O. The zero-order valence-corrected chi connectivity index (χ0v) is 17.5. The molecule has 3 rings (SSSR count). The van der Waals surface area contributed by atoms with Gasteiger partial charge in [0, 0.05) is 11.6 Å². The Morgan fingerprint density at radius 2 is 1.48 bits per heavy atom. The fourth-order valence-electron chi connectivity index (χ4n) is 3.71. The normalized spacial score (nSPS) is 18.1. The topological polar surface area (TPSA) is 53.8 Å². The number of carbonyl (C=O) groups is 1. The molecule has 1 amide bonds. The maximum Gasteiger partial charge on any atom is 0.227 e. The molecule has 2 aromatic carbocycles. The van der Waals surface area contributed by atoms with Gasteiger partial charge in [0.15, 0.2) is 0 Å². The van der Waals surface area contributed by atoms with E-state index in [9.17, 15) is 4.79 Å². The summed E-state index contributed by atoms with van der Waals surface area (Å²) in [5.74, 6) is 0.953. The van der Waals surface area contributed by atoms with Gasteiger partial charge in [0.25, 0.3) is 0 Å². The third-order valence-electron chi connectivity index (χ3n) is 5.61. The molecule has 0 spiro atoms. The number of hydrogen-bond donors (Lipinski definition) is 1. The number of rotatable bonds is 12. The molecule has 0 aliphatic heterocycles. The van der Waals surface area contributed by atoms with Crippen molar-refractivity contribution in [3.05, 3.63) is 54.6 Å². The largest absolute Gasteiger partial charge is 0.326 e. The van der Waals surface area contributed by atoms with Crippen molar-refractivity contribution in [2.24, 2.45) is 22.1 Å². The molecule has 0 heterocycles. The van der Waals surface area contributed by atoms with Crippen molar-refractivity contribution < 1.29 is 4.79 Å². The highest BCUT2D eigenvalue weighted by Crippen LogP contribution is 2.43. The second-order valence-electron chi connectivity index (χ2n) is 8.08. The van der Waals surface area contributed by atoms with E-state index in [1.165, 1.54) is 51.4 Å². The van der Waals surface area contributed by atoms with E-state index in [0.29, 0.717) is 5.92 Å². The highest BCUT2D eigenvalue weighted by atomic mass is 16.2. The molecule has 1 saturated carbocycles. The van der Waals surface area contributed by atoms with Gasteiger partial charge in [-0.2, -0.15) is 10.2 Å². The van der Waals surface area contributed by atoms with Crippen LogP contribution in [0.2, 0.25) is 0 Å². The molecule has 0 bridgehead atoms. The molecule has 4 nitrogen and oxygen atoms in total. The number of anilines is 1. The first-order chi connectivity index (χ1) is 14.3. The number of carbonyl (C=O) groups excluding carboxylic acids is 1. The average molecular weight is 392 g/mol. The summed E-state index contributed by atoms with van der Waals surface area (Å²) in [6.45, 7) is 2.25. The molecule has 29 heavy (non-hydrogen) atoms. The van der Waals surface area contributed by atoms with Crippen LogP contribution in [0.5, 0.6) is 0 Å². The first-order valence-electron chi connectivity index (χ1n) is 11.1. The molecule has 0 saturated heterocycles. The minimum Gasteiger partial charge on any atom is -0.326 e. The van der Waals surface area contributed by atoms with Crippen molar-refractivity contribution in [2.75, 3.05) is 5.32 Å². The van der Waals surface area contributed by atoms with Gasteiger partial charge in [-0.25, -0.2) is 0 Å². The van der Waals surface area contributed by atoms with E-state index >= 15 is 0 Å². The molecule has 2 atom stereocenters. The monoisotopic (exact) mass is 391 g/mol. The summed E-state index contributed by atoms with van der Waals surface area (Å²) in [6, 6.07) is 17.2. The molecule has 0 aromatic heterocycles. The van der Waals surface area contributed by atoms with E-state index in [-0.39, 0.29) is 11.8 Å². The van der Waals surface area contributed by atoms with Crippen LogP contribution < -0.4 is 5.32 Å². The van der Waals surface area contributed by atoms with Gasteiger partial charge in [0.05, 0.1) is 11.4 Å². The third-order valence-corrected chi connectivity index (χ3v) is 5.61. The first kappa shape index (κ1) is 21.2. The van der Waals surface area contributed by atoms with Crippen LogP contribution in [0.25, 0.3) is 0 Å². The number of nitrogens with one attached hydrogen (secondary N) is 1. The molecule has 1 N–H and O–H groups in total. The van der Waals surface area contributed by atoms with E-state index < -0.39 is 0 Å². The summed E-state index contributed by atoms with van der Waals surface area (Å²) in [5.41, 5.74) is 2.43. The zero-order valence-electron chi connectivity index (χ0n) is 17.5. The number of azo groups is 1. The molecule has 1 fully saturated rings. The maximum atomic E-state index is 12.4. The van der Waals surface area contributed by atoms with E-state index in [1.54, 1.807) is 0 Å². The summed E-state index contributed by atoms with van der Waals surface area (Å²) >= 11 is 0. The van der Waals surface area contributed by atoms with E-state index in [1.807, 2.05) is 54.6 Å². The molecule has 2 aromatic rings. The van der Waals surface area contributed by atoms with Crippen LogP contribution in [0.15, 0.2) is 64.8 Å². The van der Waals surface area contributed by atoms with Crippen molar-refractivity contribution in [2.45, 2.75) is 64.7 Å². The van der Waals surface area contributed by atoms with Crippen LogP contribution in [-0.4, -0.2) is 5.91 Å². The fourth-order valence-corrected chi connectivity index (χ4v) is 3.71. The number of hydrogen-bond acceptors (Lipinski definition) is 3. The van der Waals surface area contributed by atoms with Crippen LogP contribution in [-0.2, 0) is 4.79 Å². The van der Waals surface area contributed by atoms with Gasteiger partial charge >= 0.3 is 0 Å². The van der Waals surface area contributed by atoms with Gasteiger partial charge in [-0.15, -0.1) is 0 Å². The van der Waals surface area contributed by atoms with Gasteiger partial charge in [0.2, 0.25) is 5.91 Å². The van der Waals surface area contributed by atoms with Gasteiger partial charge < -0.3 is 5.32 Å². The molecular weight excluding hydrogens is 358 g/mol. The lowest BCUT2D eigenvalue weighted by molar-refractivity contribution is -0.117. The van der Waals surface area contributed by atoms with Crippen molar-refractivity contribution in [3.63, 3.8) is 0 Å². The Hall–Kier alpha value is -2.49. The van der Waals surface area contributed by atoms with Crippen molar-refractivity contribution in [1.82, 2.24) is 0 Å². The van der Waals surface area contributed by atoms with E-state index in [0.717, 1.165) is 23.5 Å². The minimum absolute atomic E-state index is 0.164. The second-order valence-corrected chi connectivity index (χ2v) is 8.08. The molecule has 4 heteroatoms. The molecule has 154 valence electrons. The predicted octanol–water partition coefficient (Wildman–Crippen LogP) is 7.82. The summed E-state index contributed by atoms with van der Waals surface area (Å²) in [5, 5.41) is 11.5.